The number of hydrogen-bond donors (Lipinski definition) is 2. The van der Waals surface area contributed by atoms with Gasteiger partial charge in [-0.25, -0.2) is 0 Å². The first kappa shape index (κ1) is 12.0. The molecule has 0 atom stereocenters. The molecule has 1 fully saturated rings. The Morgan fingerprint density at radius 3 is 2.82 bits per heavy atom. The van der Waals surface area contributed by atoms with E-state index < -0.39 is 0 Å². The van der Waals surface area contributed by atoms with E-state index in [-0.39, 0.29) is 5.91 Å². The van der Waals surface area contributed by atoms with Gasteiger partial charge >= 0.3 is 0 Å². The number of nitrogen functional groups attached to an aromatic ring is 1. The quantitative estimate of drug-likeness (QED) is 0.831. The molecule has 0 aromatic carbocycles. The van der Waals surface area contributed by atoms with Gasteiger partial charge in [0.25, 0.3) is 5.91 Å². The van der Waals surface area contributed by atoms with Crippen molar-refractivity contribution in [1.29, 1.82) is 0 Å². The van der Waals surface area contributed by atoms with Crippen LogP contribution >= 0.6 is 0 Å². The van der Waals surface area contributed by atoms with E-state index in [4.69, 9.17) is 5.73 Å². The van der Waals surface area contributed by atoms with Crippen LogP contribution in [0.2, 0.25) is 0 Å². The number of carbonyl (C=O) groups is 1. The Labute approximate surface area is 101 Å². The minimum Gasteiger partial charge on any atom is -0.383 e. The van der Waals surface area contributed by atoms with Gasteiger partial charge in [-0.1, -0.05) is 19.3 Å². The Balaban J connectivity index is 1.86. The van der Waals surface area contributed by atoms with Gasteiger partial charge in [0.2, 0.25) is 0 Å². The van der Waals surface area contributed by atoms with Crippen molar-refractivity contribution < 1.29 is 4.79 Å². The summed E-state index contributed by atoms with van der Waals surface area (Å²) in [6, 6.07) is 0. The van der Waals surface area contributed by atoms with E-state index >= 15 is 0 Å². The lowest BCUT2D eigenvalue weighted by atomic mass is 9.89. The summed E-state index contributed by atoms with van der Waals surface area (Å²) in [6.07, 6.45) is 7.88. The smallest absolute Gasteiger partial charge is 0.256 e. The lowest BCUT2D eigenvalue weighted by Crippen LogP contribution is -2.30. The lowest BCUT2D eigenvalue weighted by Gasteiger charge is -2.21. The number of nitrogens with one attached hydrogen (secondary N) is 1. The number of hydrogen-bond acceptors (Lipinski definition) is 3. The topological polar surface area (TPSA) is 72.9 Å². The van der Waals surface area contributed by atoms with Gasteiger partial charge in [-0.2, -0.15) is 5.10 Å². The maximum atomic E-state index is 11.9. The fourth-order valence-electron chi connectivity index (χ4n) is 2.35. The summed E-state index contributed by atoms with van der Waals surface area (Å²) in [7, 11) is 1.73. The maximum Gasteiger partial charge on any atom is 0.256 e. The fourth-order valence-corrected chi connectivity index (χ4v) is 2.35. The number of amides is 1. The van der Waals surface area contributed by atoms with Crippen LogP contribution in [0.5, 0.6) is 0 Å². The van der Waals surface area contributed by atoms with E-state index in [1.54, 1.807) is 7.05 Å². The molecule has 1 aliphatic rings. The summed E-state index contributed by atoms with van der Waals surface area (Å²) in [5, 5.41) is 6.91. The number of nitrogens with two attached hydrogens (primary N) is 1. The number of aryl methyl sites for hydroxylation is 1. The average Bonchev–Trinajstić information content (AvgIpc) is 2.69. The highest BCUT2D eigenvalue weighted by Gasteiger charge is 2.17. The normalized spacial score (nSPS) is 17.0. The molecule has 0 saturated heterocycles. The molecule has 1 heterocycles. The van der Waals surface area contributed by atoms with Crippen molar-refractivity contribution in [3.63, 3.8) is 0 Å². The third-order valence-corrected chi connectivity index (χ3v) is 3.51. The number of rotatable bonds is 3. The van der Waals surface area contributed by atoms with Crippen LogP contribution in [-0.4, -0.2) is 22.2 Å². The highest BCUT2D eigenvalue weighted by atomic mass is 16.1. The fraction of sp³-hybridized carbons (Fsp3) is 0.667. The molecule has 2 rings (SSSR count). The van der Waals surface area contributed by atoms with E-state index in [2.05, 4.69) is 10.4 Å². The van der Waals surface area contributed by atoms with Crippen LogP contribution in [0.25, 0.3) is 0 Å². The Bertz CT molecular complexity index is 393. The third-order valence-electron chi connectivity index (χ3n) is 3.51. The van der Waals surface area contributed by atoms with Crippen molar-refractivity contribution in [3.05, 3.63) is 11.8 Å². The van der Waals surface area contributed by atoms with Crippen LogP contribution in [0, 0.1) is 5.92 Å². The molecule has 5 nitrogen and oxygen atoms in total. The molecule has 3 N–H and O–H groups in total. The molecule has 94 valence electrons. The first-order valence-electron chi connectivity index (χ1n) is 6.24. The van der Waals surface area contributed by atoms with Crippen molar-refractivity contribution in [3.8, 4) is 0 Å². The van der Waals surface area contributed by atoms with Crippen molar-refractivity contribution in [1.82, 2.24) is 15.1 Å². The van der Waals surface area contributed by atoms with Crippen molar-refractivity contribution in [2.24, 2.45) is 13.0 Å². The summed E-state index contributed by atoms with van der Waals surface area (Å²) in [6.45, 7) is 0.757. The summed E-state index contributed by atoms with van der Waals surface area (Å²) in [5.74, 6) is 0.943. The van der Waals surface area contributed by atoms with Gasteiger partial charge in [0.15, 0.2) is 0 Å². The van der Waals surface area contributed by atoms with Gasteiger partial charge in [0.05, 0.1) is 6.20 Å². The van der Waals surface area contributed by atoms with Crippen molar-refractivity contribution >= 4 is 11.7 Å². The van der Waals surface area contributed by atoms with Crippen molar-refractivity contribution in [2.75, 3.05) is 12.3 Å². The van der Waals surface area contributed by atoms with E-state index in [0.29, 0.717) is 17.3 Å². The van der Waals surface area contributed by atoms with Gasteiger partial charge in [0.1, 0.15) is 11.4 Å². The Hall–Kier alpha value is -1.52. The monoisotopic (exact) mass is 236 g/mol. The Morgan fingerprint density at radius 2 is 2.24 bits per heavy atom. The number of carbonyl (C=O) groups excluding carboxylic acids is 1. The molecule has 1 aliphatic carbocycles. The molecule has 0 spiro atoms. The molecule has 1 aromatic rings. The van der Waals surface area contributed by atoms with E-state index in [0.717, 1.165) is 6.54 Å². The van der Waals surface area contributed by atoms with Crippen LogP contribution in [0.1, 0.15) is 42.5 Å². The van der Waals surface area contributed by atoms with Gasteiger partial charge < -0.3 is 11.1 Å². The van der Waals surface area contributed by atoms with E-state index in [1.165, 1.54) is 43.0 Å². The number of nitrogens with zero attached hydrogens (tertiary/aromatic N) is 2. The molecule has 0 bridgehead atoms. The van der Waals surface area contributed by atoms with Gasteiger partial charge in [-0.15, -0.1) is 0 Å². The predicted octanol–water partition coefficient (Wildman–Crippen LogP) is 1.31. The second-order valence-electron chi connectivity index (χ2n) is 4.78. The highest BCUT2D eigenvalue weighted by molar-refractivity contribution is 5.98. The lowest BCUT2D eigenvalue weighted by molar-refractivity contribution is 0.0944. The highest BCUT2D eigenvalue weighted by Crippen LogP contribution is 2.22. The second kappa shape index (κ2) is 5.21. The second-order valence-corrected chi connectivity index (χ2v) is 4.78. The summed E-state index contributed by atoms with van der Waals surface area (Å²) in [4.78, 5) is 11.9. The minimum atomic E-state index is -0.110. The zero-order valence-electron chi connectivity index (χ0n) is 10.3. The molecule has 0 unspecified atom stereocenters. The van der Waals surface area contributed by atoms with E-state index in [1.807, 2.05) is 0 Å². The van der Waals surface area contributed by atoms with E-state index in [9.17, 15) is 4.79 Å². The van der Waals surface area contributed by atoms with Gasteiger partial charge in [-0.3, -0.25) is 9.48 Å². The molecule has 5 heteroatoms. The summed E-state index contributed by atoms with van der Waals surface area (Å²) < 4.78 is 1.51. The third kappa shape index (κ3) is 2.78. The number of anilines is 1. The molecular formula is C12H20N4O. The maximum absolute atomic E-state index is 11.9. The van der Waals surface area contributed by atoms with Crippen LogP contribution in [-0.2, 0) is 7.05 Å². The first-order chi connectivity index (χ1) is 8.18. The SMILES string of the molecule is Cn1ncc(C(=O)NCC2CCCCC2)c1N. The zero-order valence-corrected chi connectivity index (χ0v) is 10.3. The van der Waals surface area contributed by atoms with Gasteiger partial charge in [0, 0.05) is 13.6 Å². The molecule has 17 heavy (non-hydrogen) atoms. The summed E-state index contributed by atoms with van der Waals surface area (Å²) >= 11 is 0. The average molecular weight is 236 g/mol. The van der Waals surface area contributed by atoms with Crippen LogP contribution in [0.4, 0.5) is 5.82 Å². The predicted molar refractivity (Wildman–Crippen MR) is 66.5 cm³/mol. The standard InChI is InChI=1S/C12H20N4O/c1-16-11(13)10(8-15-16)12(17)14-7-9-5-3-2-4-6-9/h8-9H,2-7,13H2,1H3,(H,14,17). The zero-order chi connectivity index (χ0) is 12.3. The first-order valence-corrected chi connectivity index (χ1v) is 6.24. The molecule has 1 amide bonds. The van der Waals surface area contributed by atoms with Crippen LogP contribution in [0.15, 0.2) is 6.20 Å². The van der Waals surface area contributed by atoms with Crippen molar-refractivity contribution in [2.45, 2.75) is 32.1 Å². The van der Waals surface area contributed by atoms with Gasteiger partial charge in [-0.05, 0) is 18.8 Å². The van der Waals surface area contributed by atoms with Crippen LogP contribution in [0.3, 0.4) is 0 Å². The summed E-state index contributed by atoms with van der Waals surface area (Å²) in [5.41, 5.74) is 6.23. The Kier molecular flexibility index (Phi) is 3.66. The van der Waals surface area contributed by atoms with Crippen LogP contribution < -0.4 is 11.1 Å². The molecule has 0 radical (unpaired) electrons. The molecular weight excluding hydrogens is 216 g/mol. The molecule has 0 aliphatic heterocycles. The Morgan fingerprint density at radius 1 is 1.53 bits per heavy atom. The molecule has 1 aromatic heterocycles. The largest absolute Gasteiger partial charge is 0.383 e. The molecule has 1 saturated carbocycles. The number of aromatic nitrogens is 2. The minimum absolute atomic E-state index is 0.110.